The Hall–Kier alpha value is -5.58. The maximum Gasteiger partial charge on any atom is 0.103 e. The van der Waals surface area contributed by atoms with Gasteiger partial charge in [-0.2, -0.15) is 0 Å². The van der Waals surface area contributed by atoms with Crippen LogP contribution >= 0.6 is 0 Å². The van der Waals surface area contributed by atoms with Gasteiger partial charge in [0.2, 0.25) is 0 Å². The highest BCUT2D eigenvalue weighted by molar-refractivity contribution is 5.85. The molecule has 0 radical (unpaired) electrons. The first kappa shape index (κ1) is 27.0. The van der Waals surface area contributed by atoms with E-state index in [2.05, 4.69) is 89.9 Å². The molecule has 0 saturated carbocycles. The molecule has 1 aliphatic rings. The molecule has 0 aliphatic heterocycles. The number of nitrogens with zero attached hydrogens (tertiary/aromatic N) is 2. The highest BCUT2D eigenvalue weighted by Gasteiger charge is 2.48. The Morgan fingerprint density at radius 3 is 1.84 bits per heavy atom. The molecular weight excluding hydrogens is 550 g/mol. The van der Waals surface area contributed by atoms with E-state index < -0.39 is 11.5 Å². The fraction of sp³-hybridized carbons (Fsp3) is 0.0732. The Morgan fingerprint density at radius 2 is 1.18 bits per heavy atom. The van der Waals surface area contributed by atoms with Crippen molar-refractivity contribution in [1.82, 2.24) is 15.0 Å². The van der Waals surface area contributed by atoms with Crippen molar-refractivity contribution in [1.29, 1.82) is 0 Å². The summed E-state index contributed by atoms with van der Waals surface area (Å²) in [6.45, 7) is 0. The molecule has 2 N–H and O–H groups in total. The van der Waals surface area contributed by atoms with Gasteiger partial charge in [-0.05, 0) is 69.8 Å². The number of aromatic amines is 1. The Kier molecular flexibility index (Phi) is 6.70. The predicted octanol–water partition coefficient (Wildman–Crippen LogP) is 8.70. The minimum Gasteiger partial charge on any atom is -0.387 e. The summed E-state index contributed by atoms with van der Waals surface area (Å²) in [7, 11) is 0. The van der Waals surface area contributed by atoms with Crippen molar-refractivity contribution in [3.8, 4) is 22.5 Å². The molecule has 0 amide bonds. The lowest BCUT2D eigenvalue weighted by Gasteiger charge is -2.31. The Morgan fingerprint density at radius 1 is 0.556 bits per heavy atom. The lowest BCUT2D eigenvalue weighted by molar-refractivity contribution is 0.157. The Balaban J connectivity index is 1.27. The zero-order valence-electron chi connectivity index (χ0n) is 24.6. The van der Waals surface area contributed by atoms with Gasteiger partial charge in [-0.15, -0.1) is 0 Å². The van der Waals surface area contributed by atoms with Gasteiger partial charge in [0.05, 0.1) is 34.8 Å². The van der Waals surface area contributed by atoms with E-state index in [4.69, 9.17) is 9.97 Å². The third-order valence-corrected chi connectivity index (χ3v) is 9.07. The van der Waals surface area contributed by atoms with E-state index in [0.717, 1.165) is 39.6 Å². The minimum absolute atomic E-state index is 0.337. The summed E-state index contributed by atoms with van der Waals surface area (Å²) in [5, 5.41) is 11.7. The molecule has 216 valence electrons. The topological polar surface area (TPSA) is 61.8 Å². The van der Waals surface area contributed by atoms with Crippen LogP contribution < -0.4 is 0 Å². The molecule has 0 saturated heterocycles. The van der Waals surface area contributed by atoms with E-state index in [1.165, 1.54) is 22.3 Å². The van der Waals surface area contributed by atoms with Crippen molar-refractivity contribution in [2.75, 3.05) is 0 Å². The van der Waals surface area contributed by atoms with Crippen LogP contribution in [0, 0.1) is 0 Å². The number of hydrogen-bond acceptors (Lipinski definition) is 3. The molecule has 4 aromatic carbocycles. The average molecular weight is 582 g/mol. The molecule has 0 spiro atoms. The highest BCUT2D eigenvalue weighted by atomic mass is 16.3. The van der Waals surface area contributed by atoms with Crippen LogP contribution in [0.15, 0.2) is 164 Å². The van der Waals surface area contributed by atoms with E-state index in [9.17, 15) is 5.11 Å². The van der Waals surface area contributed by atoms with Crippen molar-refractivity contribution >= 4 is 0 Å². The molecule has 2 unspecified atom stereocenters. The lowest BCUT2D eigenvalue weighted by atomic mass is 9.72. The van der Waals surface area contributed by atoms with Gasteiger partial charge in [-0.25, -0.2) is 0 Å². The summed E-state index contributed by atoms with van der Waals surface area (Å²) < 4.78 is 0. The molecular formula is C41H31N3O. The minimum atomic E-state index is -0.755. The van der Waals surface area contributed by atoms with Crippen LogP contribution in [0.1, 0.15) is 51.4 Å². The van der Waals surface area contributed by atoms with Crippen molar-refractivity contribution < 1.29 is 5.11 Å². The first-order valence-corrected chi connectivity index (χ1v) is 15.3. The van der Waals surface area contributed by atoms with Gasteiger partial charge in [0, 0.05) is 11.9 Å². The number of H-pyrrole nitrogens is 1. The number of benzene rings is 4. The molecule has 3 aromatic heterocycles. The zero-order chi connectivity index (χ0) is 30.2. The van der Waals surface area contributed by atoms with Crippen molar-refractivity contribution in [2.24, 2.45) is 0 Å². The van der Waals surface area contributed by atoms with Gasteiger partial charge < -0.3 is 10.1 Å². The smallest absolute Gasteiger partial charge is 0.103 e. The second-order valence-electron chi connectivity index (χ2n) is 11.5. The fourth-order valence-electron chi connectivity index (χ4n) is 7.08. The molecule has 4 heteroatoms. The quantitative estimate of drug-likeness (QED) is 0.198. The number of aliphatic hydroxyl groups excluding tert-OH is 1. The summed E-state index contributed by atoms with van der Waals surface area (Å²) >= 11 is 0. The van der Waals surface area contributed by atoms with Crippen LogP contribution in [0.3, 0.4) is 0 Å². The summed E-state index contributed by atoms with van der Waals surface area (Å²) in [5.41, 5.74) is 10.6. The SMILES string of the molecule is OC(c1ccccc1)C(c1ccccc1)c1cccc(-c2ccc(C3(c4ccccn4)c4ccccc4-c4ccccc43)[nH]2)n1. The van der Waals surface area contributed by atoms with E-state index >= 15 is 0 Å². The first-order chi connectivity index (χ1) is 22.2. The maximum atomic E-state index is 11.7. The second-order valence-corrected chi connectivity index (χ2v) is 11.5. The van der Waals surface area contributed by atoms with Gasteiger partial charge in [0.1, 0.15) is 5.41 Å². The van der Waals surface area contributed by atoms with Gasteiger partial charge in [-0.3, -0.25) is 9.97 Å². The van der Waals surface area contributed by atoms with Crippen LogP contribution in [-0.4, -0.2) is 20.1 Å². The molecule has 3 heterocycles. The average Bonchev–Trinajstić information content (AvgIpc) is 3.72. The number of hydrogen-bond donors (Lipinski definition) is 2. The number of aromatic nitrogens is 3. The van der Waals surface area contributed by atoms with Crippen molar-refractivity contribution in [2.45, 2.75) is 17.4 Å². The monoisotopic (exact) mass is 581 g/mol. The summed E-state index contributed by atoms with van der Waals surface area (Å²) in [5.74, 6) is -0.337. The third-order valence-electron chi connectivity index (χ3n) is 9.07. The summed E-state index contributed by atoms with van der Waals surface area (Å²) in [4.78, 5) is 13.9. The van der Waals surface area contributed by atoms with Gasteiger partial charge in [-0.1, -0.05) is 121 Å². The maximum absolute atomic E-state index is 11.7. The number of nitrogens with one attached hydrogen (secondary N) is 1. The fourth-order valence-corrected chi connectivity index (χ4v) is 7.08. The van der Waals surface area contributed by atoms with E-state index in [0.29, 0.717) is 0 Å². The normalized spacial score (nSPS) is 14.3. The molecule has 1 aliphatic carbocycles. The highest BCUT2D eigenvalue weighted by Crippen LogP contribution is 2.55. The molecule has 2 atom stereocenters. The van der Waals surface area contributed by atoms with Crippen LogP contribution in [0.25, 0.3) is 22.5 Å². The van der Waals surface area contributed by atoms with E-state index in [-0.39, 0.29) is 5.92 Å². The number of fused-ring (bicyclic) bond motifs is 3. The standard InChI is InChI=1S/C41H31N3O/c45-40(29-16-5-2-6-17-29)39(28-14-3-1-4-15-28)36-23-13-22-34(43-36)35-25-26-38(44-35)41(37-24-11-12-27-42-37)32-20-9-7-18-30(32)31-19-8-10-21-33(31)41/h1-27,39-40,44-45H. The number of rotatable bonds is 7. The molecule has 45 heavy (non-hydrogen) atoms. The zero-order valence-corrected chi connectivity index (χ0v) is 24.6. The van der Waals surface area contributed by atoms with Crippen LogP contribution in [-0.2, 0) is 5.41 Å². The molecule has 0 bridgehead atoms. The largest absolute Gasteiger partial charge is 0.387 e. The predicted molar refractivity (Wildman–Crippen MR) is 179 cm³/mol. The van der Waals surface area contributed by atoms with Gasteiger partial charge >= 0.3 is 0 Å². The Labute approximate surface area is 262 Å². The molecule has 7 aromatic rings. The second kappa shape index (κ2) is 11.2. The number of pyridine rings is 2. The van der Waals surface area contributed by atoms with Crippen molar-refractivity contribution in [3.63, 3.8) is 0 Å². The number of aliphatic hydroxyl groups is 1. The van der Waals surface area contributed by atoms with Crippen LogP contribution in [0.5, 0.6) is 0 Å². The lowest BCUT2D eigenvalue weighted by Crippen LogP contribution is -2.30. The molecule has 0 fully saturated rings. The van der Waals surface area contributed by atoms with Crippen LogP contribution in [0.4, 0.5) is 0 Å². The first-order valence-electron chi connectivity index (χ1n) is 15.3. The van der Waals surface area contributed by atoms with Crippen molar-refractivity contribution in [3.05, 3.63) is 203 Å². The van der Waals surface area contributed by atoms with Crippen LogP contribution in [0.2, 0.25) is 0 Å². The Bertz CT molecular complexity index is 2040. The third kappa shape index (κ3) is 4.42. The van der Waals surface area contributed by atoms with E-state index in [1.54, 1.807) is 0 Å². The molecule has 8 rings (SSSR count). The van der Waals surface area contributed by atoms with Gasteiger partial charge in [0.15, 0.2) is 0 Å². The summed E-state index contributed by atoms with van der Waals surface area (Å²) in [6, 6.07) is 53.7. The van der Waals surface area contributed by atoms with E-state index in [1.807, 2.05) is 79.0 Å². The summed E-state index contributed by atoms with van der Waals surface area (Å²) in [6.07, 6.45) is 1.12. The van der Waals surface area contributed by atoms with Gasteiger partial charge in [0.25, 0.3) is 0 Å². The molecule has 4 nitrogen and oxygen atoms in total.